The first kappa shape index (κ1) is 29.6. The fourth-order valence-corrected chi connectivity index (χ4v) is 14.6. The average Bonchev–Trinajstić information content (AvgIpc) is 3.23. The standard InChI is InChI=1S/C31H46N2O4Si2/c1-21(2)39(22(3)4,23(5)6)37-29(25-18-14-11-15-19-25)27-28(30(34)33(27)38(7,8)9)32-26(20-36-31(32)35)24-16-12-10-13-17-24/h10-19,21-23,26-29H,20H2,1-9H3/t26-,27-,28+,29+/m1/s1. The van der Waals surface area contributed by atoms with E-state index in [1.807, 2.05) is 48.5 Å². The fourth-order valence-electron chi connectivity index (χ4n) is 7.13. The number of rotatable bonds is 10. The van der Waals surface area contributed by atoms with Gasteiger partial charge in [-0.15, -0.1) is 0 Å². The Bertz CT molecular complexity index is 1130. The van der Waals surface area contributed by atoms with Crippen molar-refractivity contribution in [3.05, 3.63) is 71.8 Å². The molecule has 0 unspecified atom stereocenters. The van der Waals surface area contributed by atoms with Crippen LogP contribution in [0.3, 0.4) is 0 Å². The Kier molecular flexibility index (Phi) is 8.50. The Labute approximate surface area is 236 Å². The van der Waals surface area contributed by atoms with Gasteiger partial charge < -0.3 is 13.7 Å². The van der Waals surface area contributed by atoms with E-state index in [9.17, 15) is 9.59 Å². The van der Waals surface area contributed by atoms with E-state index in [1.54, 1.807) is 4.90 Å². The van der Waals surface area contributed by atoms with Crippen molar-refractivity contribution in [3.63, 3.8) is 0 Å². The van der Waals surface area contributed by atoms with E-state index in [4.69, 9.17) is 9.16 Å². The molecule has 2 aromatic carbocycles. The zero-order chi connectivity index (χ0) is 28.7. The SMILES string of the molecule is CC(C)[Si](O[C@@H](c1ccccc1)[C@H]1[C@H](N2C(=O)OC[C@@H]2c2ccccc2)C(=O)N1[Si](C)(C)C)(C(C)C)C(C)C. The Balaban J connectivity index is 1.87. The highest BCUT2D eigenvalue weighted by Crippen LogP contribution is 2.50. The predicted octanol–water partition coefficient (Wildman–Crippen LogP) is 7.53. The van der Waals surface area contributed by atoms with Crippen molar-refractivity contribution < 1.29 is 18.8 Å². The summed E-state index contributed by atoms with van der Waals surface area (Å²) in [6.45, 7) is 20.6. The molecular formula is C31H46N2O4Si2. The first-order chi connectivity index (χ1) is 18.3. The van der Waals surface area contributed by atoms with Gasteiger partial charge in [-0.3, -0.25) is 9.69 Å². The third-order valence-corrected chi connectivity index (χ3v) is 16.7. The average molecular weight is 567 g/mol. The highest BCUT2D eigenvalue weighted by molar-refractivity contribution is 6.78. The highest BCUT2D eigenvalue weighted by atomic mass is 28.4. The summed E-state index contributed by atoms with van der Waals surface area (Å²) in [7, 11) is -4.48. The van der Waals surface area contributed by atoms with Gasteiger partial charge >= 0.3 is 6.09 Å². The lowest BCUT2D eigenvalue weighted by molar-refractivity contribution is -0.156. The lowest BCUT2D eigenvalue weighted by atomic mass is 9.87. The Hall–Kier alpha value is -2.43. The van der Waals surface area contributed by atoms with E-state index in [2.05, 4.69) is 77.9 Å². The van der Waals surface area contributed by atoms with Crippen LogP contribution in [-0.4, -0.2) is 56.7 Å². The molecule has 2 aromatic rings. The maximum absolute atomic E-state index is 14.1. The van der Waals surface area contributed by atoms with Gasteiger partial charge in [-0.1, -0.05) is 122 Å². The van der Waals surface area contributed by atoms with Crippen molar-refractivity contribution in [1.82, 2.24) is 9.47 Å². The molecule has 0 bridgehead atoms. The second kappa shape index (κ2) is 11.2. The number of β-lactam (4-membered cyclic amide) rings is 1. The molecule has 6 nitrogen and oxygen atoms in total. The van der Waals surface area contributed by atoms with Crippen LogP contribution in [0.2, 0.25) is 36.3 Å². The molecule has 39 heavy (non-hydrogen) atoms. The van der Waals surface area contributed by atoms with Gasteiger partial charge in [0.05, 0.1) is 18.2 Å². The van der Waals surface area contributed by atoms with Crippen molar-refractivity contribution in [3.8, 4) is 0 Å². The largest absolute Gasteiger partial charge is 0.447 e. The van der Waals surface area contributed by atoms with Crippen LogP contribution in [0, 0.1) is 0 Å². The minimum atomic E-state index is -2.35. The second-order valence-corrected chi connectivity index (χ2v) is 23.2. The number of cyclic esters (lactones) is 1. The molecule has 8 heteroatoms. The van der Waals surface area contributed by atoms with Gasteiger partial charge in [0.2, 0.25) is 14.2 Å². The lowest BCUT2D eigenvalue weighted by Crippen LogP contribution is -2.78. The molecule has 2 saturated heterocycles. The molecule has 0 saturated carbocycles. The number of amides is 2. The summed E-state index contributed by atoms with van der Waals surface area (Å²) in [5, 5.41) is 0. The molecule has 2 amide bonds. The monoisotopic (exact) mass is 566 g/mol. The van der Waals surface area contributed by atoms with Gasteiger partial charge in [-0.25, -0.2) is 4.79 Å². The summed E-state index contributed by atoms with van der Waals surface area (Å²) in [6.07, 6.45) is -0.765. The van der Waals surface area contributed by atoms with Crippen LogP contribution < -0.4 is 0 Å². The zero-order valence-electron chi connectivity index (χ0n) is 25.0. The van der Waals surface area contributed by atoms with E-state index in [-0.39, 0.29) is 30.7 Å². The molecule has 0 aliphatic carbocycles. The van der Waals surface area contributed by atoms with Crippen LogP contribution >= 0.6 is 0 Å². The number of hydrogen-bond donors (Lipinski definition) is 0. The quantitative estimate of drug-likeness (QED) is 0.220. The Morgan fingerprint density at radius 3 is 1.82 bits per heavy atom. The van der Waals surface area contributed by atoms with Gasteiger partial charge in [0, 0.05) is 0 Å². The van der Waals surface area contributed by atoms with E-state index in [0.29, 0.717) is 16.6 Å². The summed E-state index contributed by atoms with van der Waals surface area (Å²) >= 11 is 0. The number of hydrogen-bond acceptors (Lipinski definition) is 4. The molecule has 4 atom stereocenters. The van der Waals surface area contributed by atoms with Crippen molar-refractivity contribution in [2.45, 2.75) is 102 Å². The molecule has 4 rings (SSSR count). The number of ether oxygens (including phenoxy) is 1. The van der Waals surface area contributed by atoms with Crippen molar-refractivity contribution in [1.29, 1.82) is 0 Å². The molecule has 0 radical (unpaired) electrons. The highest BCUT2D eigenvalue weighted by Gasteiger charge is 2.63. The van der Waals surface area contributed by atoms with Crippen molar-refractivity contribution >= 4 is 28.6 Å². The smallest absolute Gasteiger partial charge is 0.411 e. The molecule has 2 aliphatic heterocycles. The first-order valence-corrected chi connectivity index (χ1v) is 20.0. The summed E-state index contributed by atoms with van der Waals surface area (Å²) in [6, 6.07) is 19.0. The van der Waals surface area contributed by atoms with Crippen LogP contribution in [0.5, 0.6) is 0 Å². The third-order valence-electron chi connectivity index (χ3n) is 8.71. The molecule has 0 aromatic heterocycles. The fraction of sp³-hybridized carbons (Fsp3) is 0.548. The number of carbonyl (C=O) groups excluding carboxylic acids is 2. The predicted molar refractivity (Wildman–Crippen MR) is 161 cm³/mol. The maximum atomic E-state index is 14.1. The van der Waals surface area contributed by atoms with Crippen molar-refractivity contribution in [2.24, 2.45) is 0 Å². The van der Waals surface area contributed by atoms with Gasteiger partial charge in [-0.05, 0) is 27.8 Å². The topological polar surface area (TPSA) is 59.1 Å². The molecule has 2 aliphatic rings. The van der Waals surface area contributed by atoms with Crippen LogP contribution in [0.4, 0.5) is 4.79 Å². The second-order valence-electron chi connectivity index (χ2n) is 13.0. The van der Waals surface area contributed by atoms with Gasteiger partial charge in [0.25, 0.3) is 0 Å². The first-order valence-electron chi connectivity index (χ1n) is 14.4. The van der Waals surface area contributed by atoms with Crippen LogP contribution in [0.15, 0.2) is 60.7 Å². The zero-order valence-corrected chi connectivity index (χ0v) is 27.0. The van der Waals surface area contributed by atoms with E-state index in [0.717, 1.165) is 11.1 Å². The van der Waals surface area contributed by atoms with E-state index >= 15 is 0 Å². The Morgan fingerprint density at radius 1 is 0.821 bits per heavy atom. The molecule has 2 fully saturated rings. The maximum Gasteiger partial charge on any atom is 0.411 e. The molecular weight excluding hydrogens is 521 g/mol. The summed E-state index contributed by atoms with van der Waals surface area (Å²) in [5.74, 6) is 0.00869. The number of benzene rings is 2. The van der Waals surface area contributed by atoms with E-state index < -0.39 is 28.7 Å². The van der Waals surface area contributed by atoms with Crippen LogP contribution in [0.1, 0.15) is 64.8 Å². The van der Waals surface area contributed by atoms with Gasteiger partial charge in [0.1, 0.15) is 12.6 Å². The molecule has 212 valence electrons. The van der Waals surface area contributed by atoms with Crippen LogP contribution in [0.25, 0.3) is 0 Å². The van der Waals surface area contributed by atoms with Gasteiger partial charge in [0.15, 0.2) is 8.24 Å². The summed E-state index contributed by atoms with van der Waals surface area (Å²) in [5.41, 5.74) is 3.19. The van der Waals surface area contributed by atoms with Gasteiger partial charge in [-0.2, -0.15) is 0 Å². The third kappa shape index (κ3) is 5.23. The molecule has 0 N–H and O–H groups in total. The minimum Gasteiger partial charge on any atom is -0.447 e. The lowest BCUT2D eigenvalue weighted by Gasteiger charge is -2.59. The minimum absolute atomic E-state index is 0.00869. The molecule has 2 heterocycles. The van der Waals surface area contributed by atoms with Crippen molar-refractivity contribution in [2.75, 3.05) is 6.61 Å². The summed E-state index contributed by atoms with van der Waals surface area (Å²) in [4.78, 5) is 29.1. The Morgan fingerprint density at radius 2 is 1.33 bits per heavy atom. The van der Waals surface area contributed by atoms with E-state index in [1.165, 1.54) is 0 Å². The number of carbonyl (C=O) groups is 2. The number of nitrogens with zero attached hydrogens (tertiary/aromatic N) is 2. The normalized spacial score (nSPS) is 23.0. The van der Waals surface area contributed by atoms with Crippen LogP contribution in [-0.2, 0) is 14.0 Å². The summed E-state index contributed by atoms with van der Waals surface area (Å²) < 4.78 is 15.2. The molecule has 0 spiro atoms.